The molecule has 0 saturated heterocycles. The first-order valence-electron chi connectivity index (χ1n) is 10.8. The van der Waals surface area contributed by atoms with Crippen LogP contribution in [0.15, 0.2) is 57.5 Å². The Kier molecular flexibility index (Phi) is 5.78. The Hall–Kier alpha value is -4.48. The molecule has 5 aromatic rings. The lowest BCUT2D eigenvalue weighted by Crippen LogP contribution is -2.05. The molecule has 0 unspecified atom stereocenters. The van der Waals surface area contributed by atoms with E-state index in [1.807, 2.05) is 31.2 Å². The number of halogens is 3. The number of ether oxygens (including phenoxy) is 1. The molecule has 0 aliphatic heterocycles. The van der Waals surface area contributed by atoms with E-state index in [1.165, 1.54) is 12.1 Å². The van der Waals surface area contributed by atoms with Crippen molar-refractivity contribution in [2.45, 2.75) is 26.6 Å². The van der Waals surface area contributed by atoms with E-state index in [0.717, 1.165) is 23.4 Å². The molecule has 9 nitrogen and oxygen atoms in total. The van der Waals surface area contributed by atoms with Crippen LogP contribution >= 0.6 is 0 Å². The third kappa shape index (κ3) is 4.44. The molecule has 0 saturated carbocycles. The zero-order valence-corrected chi connectivity index (χ0v) is 19.4. The van der Waals surface area contributed by atoms with Gasteiger partial charge in [-0.3, -0.25) is 0 Å². The fourth-order valence-electron chi connectivity index (χ4n) is 3.53. The monoisotopic (exact) mass is 496 g/mol. The van der Waals surface area contributed by atoms with Gasteiger partial charge >= 0.3 is 6.18 Å². The van der Waals surface area contributed by atoms with Gasteiger partial charge in [0.1, 0.15) is 17.2 Å². The lowest BCUT2D eigenvalue weighted by Gasteiger charge is -2.05. The Morgan fingerprint density at radius 3 is 2.28 bits per heavy atom. The number of benzene rings is 2. The van der Waals surface area contributed by atoms with E-state index in [2.05, 4.69) is 25.4 Å². The van der Waals surface area contributed by atoms with Crippen LogP contribution in [0, 0.1) is 13.8 Å². The SMILES string of the molecule is COc1ccc(-c2nc(Cn3nnc(-c4nc(-c5ccc(C(F)(F)F)cc5)no4)c3C)c(C)o2)cc1. The standard InChI is InChI=1S/C24H19F3N6O3/c1-13-20(23-29-21(31-36-23)15-4-8-17(9-5-15)24(25,26)27)30-32-33(13)12-19-14(2)35-22(28-19)16-6-10-18(34-3)11-7-16/h4-11H,12H2,1-3H3. The van der Waals surface area contributed by atoms with Crippen LogP contribution in [0.5, 0.6) is 5.75 Å². The minimum atomic E-state index is -4.42. The summed E-state index contributed by atoms with van der Waals surface area (Å²) in [4.78, 5) is 8.87. The average Bonchev–Trinajstić information content (AvgIpc) is 3.59. The number of aryl methyl sites for hydroxylation is 1. The van der Waals surface area contributed by atoms with Crippen molar-refractivity contribution < 1.29 is 26.8 Å². The third-order valence-electron chi connectivity index (χ3n) is 5.61. The van der Waals surface area contributed by atoms with Crippen molar-refractivity contribution in [1.82, 2.24) is 30.1 Å². The van der Waals surface area contributed by atoms with Crippen LogP contribution < -0.4 is 4.74 Å². The molecule has 184 valence electrons. The maximum Gasteiger partial charge on any atom is 0.416 e. The number of oxazole rings is 1. The van der Waals surface area contributed by atoms with Gasteiger partial charge in [0.15, 0.2) is 5.69 Å². The number of nitrogens with zero attached hydrogens (tertiary/aromatic N) is 6. The second kappa shape index (κ2) is 8.95. The number of methoxy groups -OCH3 is 1. The lowest BCUT2D eigenvalue weighted by molar-refractivity contribution is -0.137. The van der Waals surface area contributed by atoms with Gasteiger partial charge in [-0.15, -0.1) is 5.10 Å². The molecule has 5 rings (SSSR count). The van der Waals surface area contributed by atoms with Crippen LogP contribution in [-0.4, -0.2) is 37.2 Å². The Balaban J connectivity index is 1.35. The molecular formula is C24H19F3N6O3. The first-order chi connectivity index (χ1) is 17.2. The maximum atomic E-state index is 12.8. The molecule has 0 atom stereocenters. The largest absolute Gasteiger partial charge is 0.497 e. The highest BCUT2D eigenvalue weighted by molar-refractivity contribution is 5.59. The predicted octanol–water partition coefficient (Wildman–Crippen LogP) is 5.34. The van der Waals surface area contributed by atoms with Gasteiger partial charge in [0.2, 0.25) is 11.7 Å². The molecule has 12 heteroatoms. The van der Waals surface area contributed by atoms with Crippen LogP contribution in [0.2, 0.25) is 0 Å². The molecule has 0 aliphatic rings. The highest BCUT2D eigenvalue weighted by Gasteiger charge is 2.30. The summed E-state index contributed by atoms with van der Waals surface area (Å²) in [5.41, 5.74) is 2.11. The molecule has 0 N–H and O–H groups in total. The van der Waals surface area contributed by atoms with Crippen molar-refractivity contribution in [3.63, 3.8) is 0 Å². The maximum absolute atomic E-state index is 12.8. The molecule has 0 bridgehead atoms. The summed E-state index contributed by atoms with van der Waals surface area (Å²) in [5.74, 6) is 2.09. The number of hydrogen-bond acceptors (Lipinski definition) is 8. The molecule has 0 radical (unpaired) electrons. The Labute approximate surface area is 202 Å². The van der Waals surface area contributed by atoms with E-state index < -0.39 is 11.7 Å². The lowest BCUT2D eigenvalue weighted by atomic mass is 10.1. The fourth-order valence-corrected chi connectivity index (χ4v) is 3.53. The van der Waals surface area contributed by atoms with E-state index in [1.54, 1.807) is 18.7 Å². The van der Waals surface area contributed by atoms with Crippen molar-refractivity contribution >= 4 is 0 Å². The van der Waals surface area contributed by atoms with Gasteiger partial charge in [0, 0.05) is 11.1 Å². The summed E-state index contributed by atoms with van der Waals surface area (Å²) in [6.45, 7) is 3.90. The molecule has 36 heavy (non-hydrogen) atoms. The van der Waals surface area contributed by atoms with Gasteiger partial charge in [0.25, 0.3) is 5.89 Å². The predicted molar refractivity (Wildman–Crippen MR) is 121 cm³/mol. The van der Waals surface area contributed by atoms with Crippen molar-refractivity contribution in [2.75, 3.05) is 7.11 Å². The van der Waals surface area contributed by atoms with Crippen molar-refractivity contribution in [3.05, 3.63) is 71.2 Å². The Morgan fingerprint density at radius 1 is 0.917 bits per heavy atom. The van der Waals surface area contributed by atoms with Gasteiger partial charge in [0.05, 0.1) is 24.9 Å². The van der Waals surface area contributed by atoms with E-state index in [0.29, 0.717) is 40.8 Å². The van der Waals surface area contributed by atoms with Crippen molar-refractivity contribution in [3.8, 4) is 40.2 Å². The van der Waals surface area contributed by atoms with E-state index in [9.17, 15) is 13.2 Å². The average molecular weight is 496 g/mol. The van der Waals surface area contributed by atoms with Gasteiger partial charge in [-0.05, 0) is 50.2 Å². The first kappa shape index (κ1) is 23.3. The summed E-state index contributed by atoms with van der Waals surface area (Å²) in [7, 11) is 1.60. The summed E-state index contributed by atoms with van der Waals surface area (Å²) < 4.78 is 56.4. The van der Waals surface area contributed by atoms with Crippen molar-refractivity contribution in [2.24, 2.45) is 0 Å². The summed E-state index contributed by atoms with van der Waals surface area (Å²) in [6, 6.07) is 11.9. The summed E-state index contributed by atoms with van der Waals surface area (Å²) >= 11 is 0. The van der Waals surface area contributed by atoms with Gasteiger partial charge in [-0.25, -0.2) is 9.67 Å². The van der Waals surface area contributed by atoms with Crippen LogP contribution in [0.25, 0.3) is 34.4 Å². The van der Waals surface area contributed by atoms with Crippen molar-refractivity contribution in [1.29, 1.82) is 0 Å². The second-order valence-electron chi connectivity index (χ2n) is 7.93. The smallest absolute Gasteiger partial charge is 0.416 e. The number of rotatable bonds is 6. The van der Waals surface area contributed by atoms with Crippen LogP contribution in [0.1, 0.15) is 22.7 Å². The number of hydrogen-bond donors (Lipinski definition) is 0. The highest BCUT2D eigenvalue weighted by Crippen LogP contribution is 2.31. The third-order valence-corrected chi connectivity index (χ3v) is 5.61. The Bertz CT molecular complexity index is 1500. The molecule has 0 amide bonds. The molecule has 0 spiro atoms. The second-order valence-corrected chi connectivity index (χ2v) is 7.93. The van der Waals surface area contributed by atoms with Gasteiger partial charge in [-0.1, -0.05) is 22.5 Å². The highest BCUT2D eigenvalue weighted by atomic mass is 19.4. The fraction of sp³-hybridized carbons (Fsp3) is 0.208. The zero-order valence-electron chi connectivity index (χ0n) is 19.4. The van der Waals surface area contributed by atoms with Crippen LogP contribution in [-0.2, 0) is 12.7 Å². The topological polar surface area (TPSA) is 105 Å². The molecule has 2 aromatic carbocycles. The Morgan fingerprint density at radius 2 is 1.61 bits per heavy atom. The van der Waals surface area contributed by atoms with E-state index in [-0.39, 0.29) is 11.7 Å². The van der Waals surface area contributed by atoms with Gasteiger partial charge < -0.3 is 13.7 Å². The first-order valence-corrected chi connectivity index (χ1v) is 10.8. The molecule has 3 aromatic heterocycles. The molecule has 3 heterocycles. The minimum Gasteiger partial charge on any atom is -0.497 e. The zero-order chi connectivity index (χ0) is 25.4. The van der Waals surface area contributed by atoms with E-state index in [4.69, 9.17) is 13.7 Å². The molecule has 0 fully saturated rings. The number of aromatic nitrogens is 6. The van der Waals surface area contributed by atoms with Gasteiger partial charge in [-0.2, -0.15) is 18.2 Å². The normalized spacial score (nSPS) is 11.7. The van der Waals surface area contributed by atoms with Crippen LogP contribution in [0.4, 0.5) is 13.2 Å². The van der Waals surface area contributed by atoms with E-state index >= 15 is 0 Å². The number of alkyl halides is 3. The summed E-state index contributed by atoms with van der Waals surface area (Å²) in [5, 5.41) is 12.2. The molecular weight excluding hydrogens is 477 g/mol. The quantitative estimate of drug-likeness (QED) is 0.310. The minimum absolute atomic E-state index is 0.101. The molecule has 0 aliphatic carbocycles. The summed E-state index contributed by atoms with van der Waals surface area (Å²) in [6.07, 6.45) is -4.42. The van der Waals surface area contributed by atoms with Crippen LogP contribution in [0.3, 0.4) is 0 Å².